The first-order chi connectivity index (χ1) is 10.6. The summed E-state index contributed by atoms with van der Waals surface area (Å²) in [7, 11) is 0. The van der Waals surface area contributed by atoms with Crippen molar-refractivity contribution in [2.75, 3.05) is 0 Å². The monoisotopic (exact) mass is 312 g/mol. The summed E-state index contributed by atoms with van der Waals surface area (Å²) in [6.07, 6.45) is 1.53. The third kappa shape index (κ3) is 22.1. The molecule has 0 aliphatic rings. The molecule has 1 aromatic carbocycles. The van der Waals surface area contributed by atoms with Crippen molar-refractivity contribution in [3.8, 4) is 5.75 Å². The molecule has 8 heteroatoms. The number of aliphatic hydroxyl groups is 1. The quantitative estimate of drug-likeness (QED) is 0.610. The van der Waals surface area contributed by atoms with E-state index in [1.807, 2.05) is 19.6 Å². The van der Waals surface area contributed by atoms with Crippen molar-refractivity contribution in [3.05, 3.63) is 54.5 Å². The number of amides is 2. The number of hydrogen-bond acceptors (Lipinski definition) is 6. The molecule has 0 unspecified atom stereocenters. The first-order valence-electron chi connectivity index (χ1n) is 5.56. The van der Waals surface area contributed by atoms with Gasteiger partial charge in [0.05, 0.1) is 6.26 Å². The number of furan rings is 1. The molecule has 0 atom stereocenters. The van der Waals surface area contributed by atoms with Crippen LogP contribution < -0.4 is 11.5 Å². The van der Waals surface area contributed by atoms with E-state index in [4.69, 9.17) is 29.0 Å². The number of aliphatic hydroxyl groups excluding tert-OH is 1. The normalized spacial score (nSPS) is 7.14. The van der Waals surface area contributed by atoms with Gasteiger partial charge in [0.2, 0.25) is 0 Å². The highest BCUT2D eigenvalue weighted by atomic mass is 16.4. The van der Waals surface area contributed by atoms with Crippen LogP contribution >= 0.6 is 0 Å². The van der Waals surface area contributed by atoms with Crippen molar-refractivity contribution in [2.45, 2.75) is 6.61 Å². The van der Waals surface area contributed by atoms with Crippen LogP contribution in [0.2, 0.25) is 0 Å². The molecule has 0 aliphatic carbocycles. The average molecular weight is 312 g/mol. The molecule has 6 N–H and O–H groups in total. The number of aromatic hydroxyl groups is 1. The third-order valence-electron chi connectivity index (χ3n) is 1.49. The van der Waals surface area contributed by atoms with E-state index in [1.165, 1.54) is 6.26 Å². The summed E-state index contributed by atoms with van der Waals surface area (Å²) in [5.41, 5.74) is 8.50. The lowest BCUT2D eigenvalue weighted by Crippen LogP contribution is -2.18. The number of carbonyl (C=O) groups excluding carboxylic acids is 3. The van der Waals surface area contributed by atoms with Crippen molar-refractivity contribution in [1.82, 2.24) is 0 Å². The number of carbonyl (C=O) groups is 3. The fraction of sp³-hybridized carbons (Fsp3) is 0.0714. The molecule has 122 valence electrons. The van der Waals surface area contributed by atoms with Gasteiger partial charge in [0, 0.05) is 0 Å². The van der Waals surface area contributed by atoms with Crippen LogP contribution in [0.3, 0.4) is 0 Å². The Hall–Kier alpha value is -3.13. The van der Waals surface area contributed by atoms with Gasteiger partial charge < -0.3 is 35.7 Å². The first-order valence-corrected chi connectivity index (χ1v) is 5.56. The molecule has 0 fully saturated rings. The van der Waals surface area contributed by atoms with Gasteiger partial charge in [0.25, 0.3) is 0 Å². The predicted octanol–water partition coefficient (Wildman–Crippen LogP) is 0.818. The summed E-state index contributed by atoms with van der Waals surface area (Å²) in [5, 5.41) is 17.0. The van der Waals surface area contributed by atoms with Gasteiger partial charge in [0.15, 0.2) is 0 Å². The molecule has 22 heavy (non-hydrogen) atoms. The highest BCUT2D eigenvalue weighted by Crippen LogP contribution is 2.02. The van der Waals surface area contributed by atoms with Crippen LogP contribution in [0.1, 0.15) is 5.76 Å². The molecular weight excluding hydrogens is 292 g/mol. The van der Waals surface area contributed by atoms with Crippen molar-refractivity contribution in [1.29, 1.82) is 0 Å². The van der Waals surface area contributed by atoms with Crippen LogP contribution in [-0.2, 0) is 16.2 Å². The molecule has 0 spiro atoms. The molecule has 2 amide bonds. The van der Waals surface area contributed by atoms with Crippen LogP contribution in [0.15, 0.2) is 53.1 Å². The van der Waals surface area contributed by atoms with Gasteiger partial charge >= 0.3 is 6.03 Å². The zero-order valence-corrected chi connectivity index (χ0v) is 11.9. The van der Waals surface area contributed by atoms with E-state index in [2.05, 4.69) is 11.5 Å². The van der Waals surface area contributed by atoms with Crippen molar-refractivity contribution in [2.24, 2.45) is 11.5 Å². The number of rotatable bonds is 1. The van der Waals surface area contributed by atoms with E-state index < -0.39 is 6.03 Å². The van der Waals surface area contributed by atoms with Gasteiger partial charge in [-0.05, 0) is 24.3 Å². The molecule has 1 aromatic heterocycles. The maximum Gasteiger partial charge on any atom is 0.309 e. The molecule has 2 aromatic rings. The largest absolute Gasteiger partial charge is 0.508 e. The molecule has 8 nitrogen and oxygen atoms in total. The van der Waals surface area contributed by atoms with Crippen molar-refractivity contribution < 1.29 is 29.0 Å². The molecule has 0 radical (unpaired) electrons. The Labute approximate surface area is 128 Å². The Bertz CT molecular complexity index is 442. The number of phenolic OH excluding ortho intramolecular Hbond substituents is 1. The van der Waals surface area contributed by atoms with Gasteiger partial charge in [-0.2, -0.15) is 0 Å². The number of primary amides is 2. The van der Waals surface area contributed by atoms with E-state index in [0.717, 1.165) is 0 Å². The Balaban J connectivity index is -0.000000228. The van der Waals surface area contributed by atoms with Crippen LogP contribution in [0.25, 0.3) is 0 Å². The smallest absolute Gasteiger partial charge is 0.309 e. The topological polar surface area (TPSA) is 157 Å². The zero-order chi connectivity index (χ0) is 17.8. The van der Waals surface area contributed by atoms with E-state index >= 15 is 0 Å². The lowest BCUT2D eigenvalue weighted by Gasteiger charge is -1.82. The number of nitrogens with two attached hydrogens (primary N) is 2. The molecule has 0 saturated carbocycles. The van der Waals surface area contributed by atoms with E-state index in [1.54, 1.807) is 36.4 Å². The summed E-state index contributed by atoms with van der Waals surface area (Å²) >= 11 is 0. The average Bonchev–Trinajstić information content (AvgIpc) is 3.06. The second-order valence-electron chi connectivity index (χ2n) is 2.98. The highest BCUT2D eigenvalue weighted by Gasteiger charge is 1.85. The van der Waals surface area contributed by atoms with E-state index in [0.29, 0.717) is 11.5 Å². The maximum absolute atomic E-state index is 9.00. The number of benzene rings is 1. The summed E-state index contributed by atoms with van der Waals surface area (Å²) in [6, 6.07) is 11.3. The molecule has 2 rings (SSSR count). The van der Waals surface area contributed by atoms with Crippen molar-refractivity contribution >= 4 is 19.6 Å². The predicted molar refractivity (Wildman–Crippen MR) is 80.8 cm³/mol. The van der Waals surface area contributed by atoms with Gasteiger partial charge in [-0.3, -0.25) is 0 Å². The van der Waals surface area contributed by atoms with E-state index in [-0.39, 0.29) is 6.61 Å². The number of hydrogen-bond donors (Lipinski definition) is 4. The van der Waals surface area contributed by atoms with Crippen LogP contribution in [-0.4, -0.2) is 29.8 Å². The Morgan fingerprint density at radius 3 is 1.64 bits per heavy atom. The maximum atomic E-state index is 9.00. The standard InChI is InChI=1S/C6H6O.C5H6O2.CH4N2O.2CH2O/c7-6-4-2-1-3-5-6;6-4-5-2-1-3-7-5;2-1(3)4;2*1-2/h1-5,7H;1-3,6H,4H2;(H4,2,3,4);2*1H2. The third-order valence-corrected chi connectivity index (χ3v) is 1.49. The minimum atomic E-state index is -0.833. The minimum absolute atomic E-state index is 0.00694. The van der Waals surface area contributed by atoms with Gasteiger partial charge in [-0.1, -0.05) is 18.2 Å². The van der Waals surface area contributed by atoms with Crippen LogP contribution in [0.4, 0.5) is 4.79 Å². The number of phenols is 1. The lowest BCUT2D eigenvalue weighted by molar-refractivity contribution is -0.0987. The van der Waals surface area contributed by atoms with Crippen LogP contribution in [0, 0.1) is 0 Å². The van der Waals surface area contributed by atoms with Crippen molar-refractivity contribution in [3.63, 3.8) is 0 Å². The summed E-state index contributed by atoms with van der Waals surface area (Å²) < 4.78 is 4.73. The van der Waals surface area contributed by atoms with Gasteiger partial charge in [-0.15, -0.1) is 0 Å². The number of urea groups is 1. The fourth-order valence-electron chi connectivity index (χ4n) is 0.831. The summed E-state index contributed by atoms with van der Waals surface area (Å²) in [4.78, 5) is 25.0. The molecule has 0 aliphatic heterocycles. The lowest BCUT2D eigenvalue weighted by atomic mass is 10.3. The second-order valence-corrected chi connectivity index (χ2v) is 2.98. The van der Waals surface area contributed by atoms with Crippen LogP contribution in [0.5, 0.6) is 5.75 Å². The Kier molecular flexibility index (Phi) is 22.0. The molecular formula is C14H20N2O6. The molecule has 0 saturated heterocycles. The Morgan fingerprint density at radius 1 is 1.00 bits per heavy atom. The van der Waals surface area contributed by atoms with Gasteiger partial charge in [-0.25, -0.2) is 4.79 Å². The molecule has 0 bridgehead atoms. The fourth-order valence-corrected chi connectivity index (χ4v) is 0.831. The SMILES string of the molecule is C=O.C=O.NC(N)=O.OCc1ccco1.Oc1ccccc1. The summed E-state index contributed by atoms with van der Waals surface area (Å²) in [5.74, 6) is 0.933. The molecule has 1 heterocycles. The number of para-hydroxylation sites is 1. The first kappa shape index (κ1) is 23.9. The zero-order valence-electron chi connectivity index (χ0n) is 11.9. The van der Waals surface area contributed by atoms with E-state index in [9.17, 15) is 0 Å². The Morgan fingerprint density at radius 2 is 1.45 bits per heavy atom. The minimum Gasteiger partial charge on any atom is -0.508 e. The van der Waals surface area contributed by atoms with Gasteiger partial charge in [0.1, 0.15) is 31.7 Å². The second kappa shape index (κ2) is 20.2. The summed E-state index contributed by atoms with van der Waals surface area (Å²) in [6.45, 7) is 3.99. The highest BCUT2D eigenvalue weighted by molar-refractivity contribution is 5.69.